The van der Waals surface area contributed by atoms with Crippen molar-refractivity contribution in [3.8, 4) is 6.07 Å². The third kappa shape index (κ3) is 1.56. The lowest BCUT2D eigenvalue weighted by molar-refractivity contribution is 0.0697. The molecular formula is C8H5FN2O2. The molecule has 0 aliphatic rings. The number of halogens is 1. The van der Waals surface area contributed by atoms with Crippen LogP contribution >= 0.6 is 0 Å². The van der Waals surface area contributed by atoms with Crippen LogP contribution in [-0.4, -0.2) is 11.1 Å². The lowest BCUT2D eigenvalue weighted by Crippen LogP contribution is -2.04. The van der Waals surface area contributed by atoms with E-state index in [0.717, 1.165) is 12.1 Å². The number of nitriles is 1. The minimum absolute atomic E-state index is 0.120. The minimum Gasteiger partial charge on any atom is -0.478 e. The second-order valence-corrected chi connectivity index (χ2v) is 2.34. The number of hydrogen-bond acceptors (Lipinski definition) is 3. The zero-order valence-electron chi connectivity index (χ0n) is 6.41. The standard InChI is InChI=1S/C8H5FN2O2/c9-6-2-5(8(12)13)7(11)1-4(6)3-10/h1-2H,11H2,(H,12,13). The van der Waals surface area contributed by atoms with Crippen LogP contribution in [0.4, 0.5) is 10.1 Å². The van der Waals surface area contributed by atoms with Crippen LogP contribution in [-0.2, 0) is 0 Å². The number of carboxylic acid groups (broad SMARTS) is 1. The van der Waals surface area contributed by atoms with Gasteiger partial charge < -0.3 is 10.8 Å². The number of nitrogens with two attached hydrogens (primary N) is 1. The average molecular weight is 180 g/mol. The summed E-state index contributed by atoms with van der Waals surface area (Å²) in [5.74, 6) is -2.20. The van der Waals surface area contributed by atoms with Crippen LogP contribution in [0.15, 0.2) is 12.1 Å². The normalized spacial score (nSPS) is 9.23. The number of carboxylic acids is 1. The first-order chi connectivity index (χ1) is 6.06. The van der Waals surface area contributed by atoms with E-state index in [2.05, 4.69) is 0 Å². The van der Waals surface area contributed by atoms with E-state index >= 15 is 0 Å². The summed E-state index contributed by atoms with van der Waals surface area (Å²) in [6, 6.07) is 3.29. The first kappa shape index (κ1) is 9.00. The summed E-state index contributed by atoms with van der Waals surface area (Å²) in [6.45, 7) is 0. The molecule has 0 bridgehead atoms. The monoisotopic (exact) mass is 180 g/mol. The number of aromatic carboxylic acids is 1. The molecule has 0 aliphatic heterocycles. The van der Waals surface area contributed by atoms with Gasteiger partial charge in [-0.05, 0) is 12.1 Å². The van der Waals surface area contributed by atoms with Crippen molar-refractivity contribution in [3.63, 3.8) is 0 Å². The second-order valence-electron chi connectivity index (χ2n) is 2.34. The molecule has 0 saturated carbocycles. The van der Waals surface area contributed by atoms with Crippen LogP contribution in [0.1, 0.15) is 15.9 Å². The van der Waals surface area contributed by atoms with Gasteiger partial charge in [-0.3, -0.25) is 0 Å². The number of benzene rings is 1. The smallest absolute Gasteiger partial charge is 0.337 e. The lowest BCUT2D eigenvalue weighted by Gasteiger charge is -2.01. The fourth-order valence-corrected chi connectivity index (χ4v) is 0.861. The first-order valence-corrected chi connectivity index (χ1v) is 3.28. The molecule has 66 valence electrons. The van der Waals surface area contributed by atoms with Crippen LogP contribution in [0.3, 0.4) is 0 Å². The Bertz CT molecular complexity index is 409. The molecule has 0 radical (unpaired) electrons. The Labute approximate surface area is 73.0 Å². The van der Waals surface area contributed by atoms with Gasteiger partial charge >= 0.3 is 5.97 Å². The van der Waals surface area contributed by atoms with Gasteiger partial charge in [-0.1, -0.05) is 0 Å². The first-order valence-electron chi connectivity index (χ1n) is 3.28. The van der Waals surface area contributed by atoms with Crippen LogP contribution in [0.5, 0.6) is 0 Å². The summed E-state index contributed by atoms with van der Waals surface area (Å²) in [7, 11) is 0. The zero-order valence-corrected chi connectivity index (χ0v) is 6.41. The van der Waals surface area contributed by atoms with Crippen molar-refractivity contribution in [1.82, 2.24) is 0 Å². The fourth-order valence-electron chi connectivity index (χ4n) is 0.861. The Balaban J connectivity index is 3.39. The number of hydrogen-bond donors (Lipinski definition) is 2. The lowest BCUT2D eigenvalue weighted by atomic mass is 10.1. The third-order valence-corrected chi connectivity index (χ3v) is 1.49. The van der Waals surface area contributed by atoms with Gasteiger partial charge in [-0.2, -0.15) is 5.26 Å². The molecule has 0 amide bonds. The number of carbonyl (C=O) groups is 1. The van der Waals surface area contributed by atoms with Gasteiger partial charge in [0.15, 0.2) is 0 Å². The average Bonchev–Trinajstić information content (AvgIpc) is 2.07. The van der Waals surface area contributed by atoms with Gasteiger partial charge in [-0.25, -0.2) is 9.18 Å². The van der Waals surface area contributed by atoms with E-state index in [9.17, 15) is 9.18 Å². The van der Waals surface area contributed by atoms with Crippen molar-refractivity contribution in [2.24, 2.45) is 0 Å². The van der Waals surface area contributed by atoms with Gasteiger partial charge in [0.05, 0.1) is 11.1 Å². The van der Waals surface area contributed by atoms with Gasteiger partial charge in [0.1, 0.15) is 11.9 Å². The molecule has 3 N–H and O–H groups in total. The predicted molar refractivity (Wildman–Crippen MR) is 42.5 cm³/mol. The van der Waals surface area contributed by atoms with Crippen LogP contribution in [0, 0.1) is 17.1 Å². The van der Waals surface area contributed by atoms with E-state index in [1.165, 1.54) is 0 Å². The SMILES string of the molecule is N#Cc1cc(N)c(C(=O)O)cc1F. The largest absolute Gasteiger partial charge is 0.478 e. The second kappa shape index (κ2) is 3.11. The molecule has 0 fully saturated rings. The molecule has 0 atom stereocenters. The Morgan fingerprint density at radius 3 is 2.69 bits per heavy atom. The molecule has 13 heavy (non-hydrogen) atoms. The molecule has 0 unspecified atom stereocenters. The van der Waals surface area contributed by atoms with Crippen molar-refractivity contribution in [1.29, 1.82) is 5.26 Å². The maximum absolute atomic E-state index is 12.8. The van der Waals surface area contributed by atoms with Crippen molar-refractivity contribution in [3.05, 3.63) is 29.1 Å². The van der Waals surface area contributed by atoms with E-state index in [-0.39, 0.29) is 16.8 Å². The molecule has 1 aromatic carbocycles. The maximum atomic E-state index is 12.8. The third-order valence-electron chi connectivity index (χ3n) is 1.49. The Morgan fingerprint density at radius 2 is 2.23 bits per heavy atom. The summed E-state index contributed by atoms with van der Waals surface area (Å²) in [4.78, 5) is 10.4. The van der Waals surface area contributed by atoms with Gasteiger partial charge in [0.2, 0.25) is 0 Å². The number of nitrogen functional groups attached to an aromatic ring is 1. The molecule has 0 aromatic heterocycles. The summed E-state index contributed by atoms with van der Waals surface area (Å²) >= 11 is 0. The van der Waals surface area contributed by atoms with Crippen LogP contribution in [0.25, 0.3) is 0 Å². The highest BCUT2D eigenvalue weighted by molar-refractivity contribution is 5.93. The van der Waals surface area contributed by atoms with E-state index < -0.39 is 11.8 Å². The van der Waals surface area contributed by atoms with E-state index in [1.54, 1.807) is 6.07 Å². The van der Waals surface area contributed by atoms with E-state index in [0.29, 0.717) is 0 Å². The van der Waals surface area contributed by atoms with Gasteiger partial charge in [0, 0.05) is 5.69 Å². The van der Waals surface area contributed by atoms with E-state index in [1.807, 2.05) is 0 Å². The molecule has 0 heterocycles. The highest BCUT2D eigenvalue weighted by Crippen LogP contribution is 2.17. The summed E-state index contributed by atoms with van der Waals surface area (Å²) in [5, 5.41) is 16.9. The molecule has 4 nitrogen and oxygen atoms in total. The molecule has 1 rings (SSSR count). The van der Waals surface area contributed by atoms with Crippen LogP contribution < -0.4 is 5.73 Å². The van der Waals surface area contributed by atoms with Crippen molar-refractivity contribution in [2.45, 2.75) is 0 Å². The molecule has 0 spiro atoms. The summed E-state index contributed by atoms with van der Waals surface area (Å²) < 4.78 is 12.8. The molecular weight excluding hydrogens is 175 g/mol. The van der Waals surface area contributed by atoms with Gasteiger partial charge in [-0.15, -0.1) is 0 Å². The number of nitrogens with zero attached hydrogens (tertiary/aromatic N) is 1. The fraction of sp³-hybridized carbons (Fsp3) is 0. The predicted octanol–water partition coefficient (Wildman–Crippen LogP) is 0.978. The zero-order chi connectivity index (χ0) is 10.0. The topological polar surface area (TPSA) is 87.1 Å². The Hall–Kier alpha value is -2.09. The van der Waals surface area contributed by atoms with Crippen molar-refractivity contribution < 1.29 is 14.3 Å². The van der Waals surface area contributed by atoms with Crippen molar-refractivity contribution in [2.75, 3.05) is 5.73 Å². The summed E-state index contributed by atoms with van der Waals surface area (Å²) in [6.07, 6.45) is 0. The number of anilines is 1. The maximum Gasteiger partial charge on any atom is 0.337 e. The highest BCUT2D eigenvalue weighted by atomic mass is 19.1. The molecule has 0 saturated heterocycles. The Kier molecular flexibility index (Phi) is 2.15. The van der Waals surface area contributed by atoms with E-state index in [4.69, 9.17) is 16.1 Å². The molecule has 5 heteroatoms. The Morgan fingerprint density at radius 1 is 1.62 bits per heavy atom. The number of rotatable bonds is 1. The highest BCUT2D eigenvalue weighted by Gasteiger charge is 2.12. The van der Waals surface area contributed by atoms with Crippen LogP contribution in [0.2, 0.25) is 0 Å². The molecule has 0 aliphatic carbocycles. The minimum atomic E-state index is -1.32. The summed E-state index contributed by atoms with van der Waals surface area (Å²) in [5.41, 5.74) is 4.55. The quantitative estimate of drug-likeness (QED) is 0.630. The van der Waals surface area contributed by atoms with Gasteiger partial charge in [0.25, 0.3) is 0 Å². The molecule has 1 aromatic rings. The van der Waals surface area contributed by atoms with Crippen molar-refractivity contribution >= 4 is 11.7 Å².